The fraction of sp³-hybridized carbons (Fsp3) is 0.852. The summed E-state index contributed by atoms with van der Waals surface area (Å²) in [5, 5.41) is 42.9. The molecular weight excluding hydrogens is 420 g/mol. The first-order valence-corrected chi connectivity index (χ1v) is 13.7. The molecule has 32 heavy (non-hydrogen) atoms. The predicted octanol–water partition coefficient (Wildman–Crippen LogP) is 4.46. The summed E-state index contributed by atoms with van der Waals surface area (Å²) in [4.78, 5) is 0. The van der Waals surface area contributed by atoms with E-state index in [1.165, 1.54) is 11.1 Å². The van der Waals surface area contributed by atoms with Crippen LogP contribution in [0.4, 0.5) is 0 Å². The first kappa shape index (κ1) is 24.8. The van der Waals surface area contributed by atoms with E-state index in [0.29, 0.717) is 29.9 Å². The largest absolute Gasteiger partial charge is 0.393 e. The van der Waals surface area contributed by atoms with Crippen LogP contribution in [0.15, 0.2) is 23.3 Å². The molecule has 0 saturated heterocycles. The highest BCUT2D eigenvalue weighted by Gasteiger charge is 2.61. The molecule has 4 N–H and O–H groups in total. The van der Waals surface area contributed by atoms with Gasteiger partial charge >= 0.3 is 0 Å². The van der Waals surface area contributed by atoms with Crippen LogP contribution in [-0.2, 0) is 0 Å². The second-order valence-electron chi connectivity index (χ2n) is 12.2. The third kappa shape index (κ3) is 4.15. The van der Waals surface area contributed by atoms with Crippen molar-refractivity contribution >= 4 is 11.8 Å². The average Bonchev–Trinajstić information content (AvgIpc) is 2.96. The standard InChI is InChI=1S/C27H44O4S/c1-16(32-12-6-10-25(2,3)31)24-22(29)15-21-19-8-7-17-13-18(28)14-23(30)27(17,5)20(19)9-11-26(21,24)4/h7-8,16,18,20-24,28-31H,6,9-15H2,1-5H3/t16-,18+,20-,21-,22+,23-,24-,26-,27-/m0/s1. The minimum Gasteiger partial charge on any atom is -0.393 e. The van der Waals surface area contributed by atoms with Crippen LogP contribution < -0.4 is 0 Å². The van der Waals surface area contributed by atoms with Crippen LogP contribution in [0.2, 0.25) is 0 Å². The number of aliphatic hydroxyl groups is 4. The molecule has 3 fully saturated rings. The highest BCUT2D eigenvalue weighted by Crippen LogP contribution is 2.66. The Balaban J connectivity index is 1.52. The Morgan fingerprint density at radius 1 is 1.12 bits per heavy atom. The van der Waals surface area contributed by atoms with E-state index in [4.69, 9.17) is 0 Å². The van der Waals surface area contributed by atoms with E-state index < -0.39 is 17.8 Å². The Labute approximate surface area is 198 Å². The molecule has 0 aromatic heterocycles. The van der Waals surface area contributed by atoms with Gasteiger partial charge in [-0.25, -0.2) is 0 Å². The van der Waals surface area contributed by atoms with Crippen molar-refractivity contribution in [1.29, 1.82) is 0 Å². The quantitative estimate of drug-likeness (QED) is 0.436. The maximum atomic E-state index is 11.2. The van der Waals surface area contributed by atoms with E-state index in [9.17, 15) is 20.4 Å². The summed E-state index contributed by atoms with van der Waals surface area (Å²) in [5.41, 5.74) is 1.81. The maximum Gasteiger partial charge on any atom is 0.0661 e. The molecule has 4 aliphatic rings. The van der Waals surface area contributed by atoms with Gasteiger partial charge in [0.15, 0.2) is 0 Å². The normalized spacial score (nSPS) is 44.8. The second-order valence-corrected chi connectivity index (χ2v) is 13.7. The fourth-order valence-corrected chi connectivity index (χ4v) is 9.21. The molecule has 4 nitrogen and oxygen atoms in total. The molecule has 182 valence electrons. The molecule has 4 aliphatic carbocycles. The van der Waals surface area contributed by atoms with E-state index in [0.717, 1.165) is 37.9 Å². The van der Waals surface area contributed by atoms with Gasteiger partial charge in [0.2, 0.25) is 0 Å². The van der Waals surface area contributed by atoms with Gasteiger partial charge in [0.05, 0.1) is 23.9 Å². The van der Waals surface area contributed by atoms with Crippen molar-refractivity contribution in [1.82, 2.24) is 0 Å². The van der Waals surface area contributed by atoms with Crippen molar-refractivity contribution in [2.45, 2.75) is 109 Å². The monoisotopic (exact) mass is 464 g/mol. The van der Waals surface area contributed by atoms with Gasteiger partial charge in [0.1, 0.15) is 0 Å². The number of hydrogen-bond acceptors (Lipinski definition) is 5. The zero-order chi connectivity index (χ0) is 23.5. The minimum atomic E-state index is -0.609. The second kappa shape index (κ2) is 8.71. The van der Waals surface area contributed by atoms with Crippen LogP contribution in [-0.4, -0.2) is 55.3 Å². The van der Waals surface area contributed by atoms with Crippen LogP contribution in [0.25, 0.3) is 0 Å². The number of aliphatic hydroxyl groups excluding tert-OH is 3. The van der Waals surface area contributed by atoms with Gasteiger partial charge in [0.25, 0.3) is 0 Å². The van der Waals surface area contributed by atoms with Gasteiger partial charge in [-0.1, -0.05) is 44.1 Å². The SMILES string of the molecule is C[C@H](SCCCC(C)(C)O)[C@H]1[C@H](O)C[C@H]2C3=CC=C4C[C@@H](O)C[C@H](O)[C@]4(C)[C@H]3CC[C@]12C. The van der Waals surface area contributed by atoms with Crippen LogP contribution in [0, 0.1) is 28.6 Å². The minimum absolute atomic E-state index is 0.0747. The van der Waals surface area contributed by atoms with Crippen molar-refractivity contribution in [3.05, 3.63) is 23.3 Å². The first-order valence-electron chi connectivity index (χ1n) is 12.7. The summed E-state index contributed by atoms with van der Waals surface area (Å²) in [7, 11) is 0. The van der Waals surface area contributed by atoms with Gasteiger partial charge in [0, 0.05) is 23.0 Å². The summed E-state index contributed by atoms with van der Waals surface area (Å²) in [6, 6.07) is 0. The molecule has 0 bridgehead atoms. The summed E-state index contributed by atoms with van der Waals surface area (Å²) in [6.07, 6.45) is 9.07. The third-order valence-electron chi connectivity index (χ3n) is 9.58. The number of fused-ring (bicyclic) bond motifs is 5. The molecular formula is C27H44O4S. The van der Waals surface area contributed by atoms with Crippen molar-refractivity contribution in [2.24, 2.45) is 28.6 Å². The van der Waals surface area contributed by atoms with Crippen molar-refractivity contribution in [3.8, 4) is 0 Å². The average molecular weight is 465 g/mol. The highest BCUT2D eigenvalue weighted by molar-refractivity contribution is 7.99. The number of rotatable bonds is 6. The summed E-state index contributed by atoms with van der Waals surface area (Å²) < 4.78 is 0. The van der Waals surface area contributed by atoms with E-state index in [1.54, 1.807) is 0 Å². The number of hydrogen-bond donors (Lipinski definition) is 4. The van der Waals surface area contributed by atoms with Gasteiger partial charge in [-0.05, 0) is 75.4 Å². The molecule has 0 amide bonds. The third-order valence-corrected chi connectivity index (χ3v) is 10.9. The lowest BCUT2D eigenvalue weighted by molar-refractivity contribution is -0.0534. The summed E-state index contributed by atoms with van der Waals surface area (Å²) in [5.74, 6) is 1.94. The van der Waals surface area contributed by atoms with E-state index in [-0.39, 0.29) is 22.9 Å². The van der Waals surface area contributed by atoms with Crippen LogP contribution in [0.1, 0.15) is 79.6 Å². The van der Waals surface area contributed by atoms with E-state index >= 15 is 0 Å². The molecule has 0 aromatic rings. The Kier molecular flexibility index (Phi) is 6.75. The van der Waals surface area contributed by atoms with Crippen molar-refractivity contribution in [2.75, 3.05) is 5.75 Å². The number of thioether (sulfide) groups is 1. The Morgan fingerprint density at radius 3 is 2.53 bits per heavy atom. The smallest absolute Gasteiger partial charge is 0.0661 e. The first-order chi connectivity index (χ1) is 14.9. The molecule has 0 radical (unpaired) electrons. The molecule has 0 heterocycles. The van der Waals surface area contributed by atoms with E-state index in [1.807, 2.05) is 25.6 Å². The van der Waals surface area contributed by atoms with Gasteiger partial charge in [-0.3, -0.25) is 0 Å². The molecule has 9 atom stereocenters. The maximum absolute atomic E-state index is 11.2. The Bertz CT molecular complexity index is 770. The lowest BCUT2D eigenvalue weighted by Crippen LogP contribution is -2.52. The Morgan fingerprint density at radius 2 is 1.84 bits per heavy atom. The molecule has 4 rings (SSSR count). The lowest BCUT2D eigenvalue weighted by atomic mass is 9.49. The summed E-state index contributed by atoms with van der Waals surface area (Å²) in [6.45, 7) is 10.6. The van der Waals surface area contributed by atoms with Gasteiger partial charge in [-0.15, -0.1) is 0 Å². The fourth-order valence-electron chi connectivity index (χ4n) is 7.83. The molecule has 3 saturated carbocycles. The van der Waals surface area contributed by atoms with Crippen molar-refractivity contribution < 1.29 is 20.4 Å². The van der Waals surface area contributed by atoms with Gasteiger partial charge in [-0.2, -0.15) is 11.8 Å². The molecule has 0 spiro atoms. The lowest BCUT2D eigenvalue weighted by Gasteiger charge is -2.56. The molecule has 0 unspecified atom stereocenters. The molecule has 5 heteroatoms. The van der Waals surface area contributed by atoms with Crippen LogP contribution >= 0.6 is 11.8 Å². The van der Waals surface area contributed by atoms with Crippen LogP contribution in [0.3, 0.4) is 0 Å². The zero-order valence-electron chi connectivity index (χ0n) is 20.6. The Hall–Kier alpha value is -0.330. The highest BCUT2D eigenvalue weighted by atomic mass is 32.2. The number of allylic oxidation sites excluding steroid dienone is 3. The topological polar surface area (TPSA) is 80.9 Å². The zero-order valence-corrected chi connectivity index (χ0v) is 21.4. The molecule has 0 aromatic carbocycles. The van der Waals surface area contributed by atoms with Gasteiger partial charge < -0.3 is 20.4 Å². The van der Waals surface area contributed by atoms with Crippen LogP contribution in [0.5, 0.6) is 0 Å². The van der Waals surface area contributed by atoms with E-state index in [2.05, 4.69) is 32.9 Å². The predicted molar refractivity (Wildman–Crippen MR) is 131 cm³/mol. The molecule has 0 aliphatic heterocycles. The summed E-state index contributed by atoms with van der Waals surface area (Å²) >= 11 is 1.95. The van der Waals surface area contributed by atoms with Crippen molar-refractivity contribution in [3.63, 3.8) is 0 Å².